The second-order valence-electron chi connectivity index (χ2n) is 5.63. The first-order valence-corrected chi connectivity index (χ1v) is 7.00. The summed E-state index contributed by atoms with van der Waals surface area (Å²) in [7, 11) is 0. The minimum atomic E-state index is -0.987. The van der Waals surface area contributed by atoms with Crippen molar-refractivity contribution >= 4 is 5.91 Å². The Morgan fingerprint density at radius 2 is 2.00 bits per heavy atom. The molecule has 0 aliphatic rings. The van der Waals surface area contributed by atoms with E-state index in [0.717, 1.165) is 0 Å². The van der Waals surface area contributed by atoms with Gasteiger partial charge in [0.05, 0.1) is 17.5 Å². The number of hydrogen-bond donors (Lipinski definition) is 1. The van der Waals surface area contributed by atoms with Crippen molar-refractivity contribution < 1.29 is 14.3 Å². The van der Waals surface area contributed by atoms with Crippen LogP contribution in [0.15, 0.2) is 30.5 Å². The molecule has 6 nitrogen and oxygen atoms in total. The summed E-state index contributed by atoms with van der Waals surface area (Å²) >= 11 is 0. The number of halogens is 1. The quantitative estimate of drug-likeness (QED) is 0.911. The molecule has 0 saturated heterocycles. The second kappa shape index (κ2) is 6.23. The third-order valence-electron chi connectivity index (χ3n) is 3.02. The third kappa shape index (κ3) is 3.88. The summed E-state index contributed by atoms with van der Waals surface area (Å²) in [5.74, 6) is -0.660. The van der Waals surface area contributed by atoms with E-state index in [1.165, 1.54) is 40.2 Å². The molecule has 22 heavy (non-hydrogen) atoms. The van der Waals surface area contributed by atoms with E-state index in [1.54, 1.807) is 13.8 Å². The van der Waals surface area contributed by atoms with Crippen LogP contribution in [0.1, 0.15) is 31.3 Å². The van der Waals surface area contributed by atoms with E-state index in [2.05, 4.69) is 10.2 Å². The predicted molar refractivity (Wildman–Crippen MR) is 79.2 cm³/mol. The van der Waals surface area contributed by atoms with Crippen LogP contribution >= 0.6 is 0 Å². The maximum atomic E-state index is 12.9. The summed E-state index contributed by atoms with van der Waals surface area (Å²) in [5, 5.41) is 18.0. The number of nitrogens with zero attached hydrogens (tertiary/aromatic N) is 4. The largest absolute Gasteiger partial charge is 0.389 e. The van der Waals surface area contributed by atoms with Gasteiger partial charge in [0.15, 0.2) is 5.69 Å². The zero-order valence-corrected chi connectivity index (χ0v) is 12.8. The van der Waals surface area contributed by atoms with Crippen molar-refractivity contribution in [2.75, 3.05) is 13.1 Å². The number of carbonyl (C=O) groups is 1. The van der Waals surface area contributed by atoms with E-state index in [0.29, 0.717) is 12.2 Å². The molecule has 2 rings (SSSR count). The van der Waals surface area contributed by atoms with E-state index in [1.807, 2.05) is 6.92 Å². The van der Waals surface area contributed by atoms with Gasteiger partial charge in [-0.2, -0.15) is 9.90 Å². The molecule has 118 valence electrons. The molecule has 0 radical (unpaired) electrons. The molecule has 0 atom stereocenters. The van der Waals surface area contributed by atoms with Gasteiger partial charge in [-0.1, -0.05) is 0 Å². The van der Waals surface area contributed by atoms with Crippen LogP contribution in [0.25, 0.3) is 5.69 Å². The number of carbonyl (C=O) groups excluding carboxylic acids is 1. The lowest BCUT2D eigenvalue weighted by atomic mass is 10.1. The Morgan fingerprint density at radius 3 is 2.55 bits per heavy atom. The van der Waals surface area contributed by atoms with Crippen molar-refractivity contribution in [2.24, 2.45) is 0 Å². The Hall–Kier alpha value is -2.28. The molecule has 1 aromatic heterocycles. The van der Waals surface area contributed by atoms with Crippen molar-refractivity contribution in [1.82, 2.24) is 19.9 Å². The lowest BCUT2D eigenvalue weighted by Crippen LogP contribution is -2.42. The standard InChI is InChI=1S/C15H19FN4O2/c1-4-19(10-15(2,3)22)14(21)13-9-17-20(18-13)12-7-5-11(16)6-8-12/h5-9,22H,4,10H2,1-3H3. The fourth-order valence-corrected chi connectivity index (χ4v) is 2.02. The summed E-state index contributed by atoms with van der Waals surface area (Å²) in [5.41, 5.74) is -0.250. The normalized spacial score (nSPS) is 11.5. The van der Waals surface area contributed by atoms with Gasteiger partial charge in [0.2, 0.25) is 0 Å². The highest BCUT2D eigenvalue weighted by molar-refractivity contribution is 5.92. The number of rotatable bonds is 5. The smallest absolute Gasteiger partial charge is 0.276 e. The third-order valence-corrected chi connectivity index (χ3v) is 3.02. The van der Waals surface area contributed by atoms with Gasteiger partial charge in [-0.05, 0) is 45.0 Å². The van der Waals surface area contributed by atoms with Gasteiger partial charge in [0, 0.05) is 13.1 Å². The molecule has 0 bridgehead atoms. The number of aromatic nitrogens is 3. The molecule has 0 aliphatic carbocycles. The minimum Gasteiger partial charge on any atom is -0.389 e. The van der Waals surface area contributed by atoms with Crippen LogP contribution in [0.4, 0.5) is 4.39 Å². The zero-order chi connectivity index (χ0) is 16.3. The highest BCUT2D eigenvalue weighted by atomic mass is 19.1. The average Bonchev–Trinajstić information content (AvgIpc) is 2.93. The summed E-state index contributed by atoms with van der Waals surface area (Å²) in [6.07, 6.45) is 1.36. The first kappa shape index (κ1) is 16.1. The van der Waals surface area contributed by atoms with Crippen LogP contribution in [-0.4, -0.2) is 49.6 Å². The maximum absolute atomic E-state index is 12.9. The highest BCUT2D eigenvalue weighted by Gasteiger charge is 2.24. The molecule has 0 unspecified atom stereocenters. The summed E-state index contributed by atoms with van der Waals surface area (Å²) < 4.78 is 12.9. The molecule has 1 heterocycles. The second-order valence-corrected chi connectivity index (χ2v) is 5.63. The molecule has 0 spiro atoms. The minimum absolute atomic E-state index is 0.176. The number of amides is 1. The molecular weight excluding hydrogens is 287 g/mol. The number of hydrogen-bond acceptors (Lipinski definition) is 4. The van der Waals surface area contributed by atoms with Crippen LogP contribution in [0.3, 0.4) is 0 Å². The lowest BCUT2D eigenvalue weighted by molar-refractivity contribution is 0.0311. The fraction of sp³-hybridized carbons (Fsp3) is 0.400. The van der Waals surface area contributed by atoms with Crippen LogP contribution < -0.4 is 0 Å². The van der Waals surface area contributed by atoms with E-state index in [4.69, 9.17) is 0 Å². The van der Waals surface area contributed by atoms with Crippen molar-refractivity contribution in [2.45, 2.75) is 26.4 Å². The van der Waals surface area contributed by atoms with Gasteiger partial charge in [-0.3, -0.25) is 4.79 Å². The van der Waals surface area contributed by atoms with Gasteiger partial charge < -0.3 is 10.0 Å². The molecule has 1 aromatic carbocycles. The Kier molecular flexibility index (Phi) is 4.56. The molecular formula is C15H19FN4O2. The van der Waals surface area contributed by atoms with Crippen molar-refractivity contribution in [3.63, 3.8) is 0 Å². The maximum Gasteiger partial charge on any atom is 0.276 e. The monoisotopic (exact) mass is 306 g/mol. The van der Waals surface area contributed by atoms with Crippen molar-refractivity contribution in [3.8, 4) is 5.69 Å². The van der Waals surface area contributed by atoms with Gasteiger partial charge >= 0.3 is 0 Å². The van der Waals surface area contributed by atoms with Crippen molar-refractivity contribution in [1.29, 1.82) is 0 Å². The molecule has 0 fully saturated rings. The highest BCUT2D eigenvalue weighted by Crippen LogP contribution is 2.10. The molecule has 2 aromatic rings. The predicted octanol–water partition coefficient (Wildman–Crippen LogP) is 1.64. The average molecular weight is 306 g/mol. The summed E-state index contributed by atoms with van der Waals surface area (Å²) in [6.45, 7) is 5.75. The van der Waals surface area contributed by atoms with E-state index in [-0.39, 0.29) is 24.0 Å². The van der Waals surface area contributed by atoms with E-state index < -0.39 is 5.60 Å². The molecule has 0 saturated carbocycles. The van der Waals surface area contributed by atoms with E-state index >= 15 is 0 Å². The van der Waals surface area contributed by atoms with Gasteiger partial charge in [-0.15, -0.1) is 5.10 Å². The molecule has 1 amide bonds. The van der Waals surface area contributed by atoms with Crippen LogP contribution in [-0.2, 0) is 0 Å². The SMILES string of the molecule is CCN(CC(C)(C)O)C(=O)c1cnn(-c2ccc(F)cc2)n1. The Balaban J connectivity index is 2.19. The first-order valence-electron chi connectivity index (χ1n) is 7.00. The van der Waals surface area contributed by atoms with Gasteiger partial charge in [0.25, 0.3) is 5.91 Å². The zero-order valence-electron chi connectivity index (χ0n) is 12.8. The van der Waals surface area contributed by atoms with Gasteiger partial charge in [0.1, 0.15) is 5.82 Å². The fourth-order valence-electron chi connectivity index (χ4n) is 2.02. The first-order chi connectivity index (χ1) is 10.3. The molecule has 7 heteroatoms. The van der Waals surface area contributed by atoms with Gasteiger partial charge in [-0.25, -0.2) is 4.39 Å². The van der Waals surface area contributed by atoms with Crippen molar-refractivity contribution in [3.05, 3.63) is 42.0 Å². The van der Waals surface area contributed by atoms with Crippen LogP contribution in [0, 0.1) is 5.82 Å². The van der Waals surface area contributed by atoms with E-state index in [9.17, 15) is 14.3 Å². The topological polar surface area (TPSA) is 71.2 Å². The molecule has 0 aliphatic heterocycles. The number of benzene rings is 1. The number of aliphatic hydroxyl groups is 1. The summed E-state index contributed by atoms with van der Waals surface area (Å²) in [4.78, 5) is 15.2. The van der Waals surface area contributed by atoms with Crippen LogP contribution in [0.2, 0.25) is 0 Å². The number of likely N-dealkylation sites (N-methyl/N-ethyl adjacent to an activating group) is 1. The van der Waals surface area contributed by atoms with Crippen LogP contribution in [0.5, 0.6) is 0 Å². The lowest BCUT2D eigenvalue weighted by Gasteiger charge is -2.27. The molecule has 1 N–H and O–H groups in total. The summed E-state index contributed by atoms with van der Waals surface area (Å²) in [6, 6.07) is 5.65. The Morgan fingerprint density at radius 1 is 1.36 bits per heavy atom. The Labute approximate surface area is 128 Å². The Bertz CT molecular complexity index is 646.